The van der Waals surface area contributed by atoms with Gasteiger partial charge in [0.05, 0.1) is 11.1 Å². The van der Waals surface area contributed by atoms with Gasteiger partial charge in [-0.15, -0.1) is 0 Å². The van der Waals surface area contributed by atoms with Crippen LogP contribution in [0.25, 0.3) is 0 Å². The number of carbonyl (C=O) groups excluding carboxylic acids is 1. The average Bonchev–Trinajstić information content (AvgIpc) is 2.61. The van der Waals surface area contributed by atoms with E-state index in [0.29, 0.717) is 5.15 Å². The zero-order valence-electron chi connectivity index (χ0n) is 12.2. The largest absolute Gasteiger partial charge is 0.345 e. The normalized spacial score (nSPS) is 27.0. The third-order valence-corrected chi connectivity index (χ3v) is 5.06. The van der Waals surface area contributed by atoms with Crippen LogP contribution in [-0.2, 0) is 16.8 Å². The highest BCUT2D eigenvalue weighted by Gasteiger charge is 2.49. The zero-order chi connectivity index (χ0) is 14.5. The van der Waals surface area contributed by atoms with Crippen LogP contribution in [0.3, 0.4) is 0 Å². The van der Waals surface area contributed by atoms with Crippen LogP contribution in [0.1, 0.15) is 29.7 Å². The van der Waals surface area contributed by atoms with Crippen LogP contribution in [-0.4, -0.2) is 47.9 Å². The molecule has 0 aliphatic carbocycles. The van der Waals surface area contributed by atoms with Crippen molar-refractivity contribution in [2.24, 2.45) is 0 Å². The number of likely N-dealkylation sites (N-methyl/N-ethyl adjacent to an activating group) is 1. The fraction of sp³-hybridized carbons (Fsp3) is 0.600. The molecule has 1 atom stereocenters. The van der Waals surface area contributed by atoms with Gasteiger partial charge in [0, 0.05) is 20.1 Å². The quantitative estimate of drug-likeness (QED) is 0.686. The van der Waals surface area contributed by atoms with Crippen molar-refractivity contribution in [3.8, 4) is 0 Å². The maximum atomic E-state index is 12.7. The van der Waals surface area contributed by atoms with Crippen LogP contribution in [0, 0.1) is 6.92 Å². The van der Waals surface area contributed by atoms with Gasteiger partial charge in [0.1, 0.15) is 5.15 Å². The smallest absolute Gasteiger partial charge is 0.234 e. The highest BCUT2D eigenvalue weighted by Crippen LogP contribution is 2.42. The minimum Gasteiger partial charge on any atom is -0.345 e. The topological polar surface area (TPSA) is 36.4 Å². The van der Waals surface area contributed by atoms with Crippen molar-refractivity contribution in [1.29, 1.82) is 0 Å². The standard InChI is InChI=1S/C15H20ClN3O/c1-10-8-11-9-18(2)6-4-15(12(11)17-13(10)16)5-7-19(3)14(15)20/h8H,4-7,9H2,1-3H3. The van der Waals surface area contributed by atoms with E-state index in [2.05, 4.69) is 23.0 Å². The van der Waals surface area contributed by atoms with Gasteiger partial charge >= 0.3 is 0 Å². The number of pyridine rings is 1. The molecule has 3 rings (SSSR count). The summed E-state index contributed by atoms with van der Waals surface area (Å²) in [5, 5.41) is 0.523. The summed E-state index contributed by atoms with van der Waals surface area (Å²) in [4.78, 5) is 21.4. The van der Waals surface area contributed by atoms with Crippen LogP contribution in [0.15, 0.2) is 6.07 Å². The molecule has 0 bridgehead atoms. The summed E-state index contributed by atoms with van der Waals surface area (Å²) in [6.07, 6.45) is 1.67. The molecule has 1 unspecified atom stereocenters. The number of aromatic nitrogens is 1. The van der Waals surface area contributed by atoms with Gasteiger partial charge in [0.2, 0.25) is 5.91 Å². The Labute approximate surface area is 124 Å². The number of nitrogens with zero attached hydrogens (tertiary/aromatic N) is 3. The molecule has 1 spiro atoms. The lowest BCUT2D eigenvalue weighted by Crippen LogP contribution is -2.38. The molecule has 1 amide bonds. The molecule has 0 saturated carbocycles. The molecule has 2 aliphatic heterocycles. The van der Waals surface area contributed by atoms with Crippen LogP contribution >= 0.6 is 11.6 Å². The van der Waals surface area contributed by atoms with Crippen molar-refractivity contribution in [3.63, 3.8) is 0 Å². The molecule has 1 fully saturated rings. The summed E-state index contributed by atoms with van der Waals surface area (Å²) >= 11 is 6.23. The first-order valence-electron chi connectivity index (χ1n) is 7.05. The molecule has 0 N–H and O–H groups in total. The van der Waals surface area contributed by atoms with E-state index in [1.807, 2.05) is 18.9 Å². The Morgan fingerprint density at radius 3 is 2.65 bits per heavy atom. The van der Waals surface area contributed by atoms with E-state index >= 15 is 0 Å². The Morgan fingerprint density at radius 2 is 2.00 bits per heavy atom. The summed E-state index contributed by atoms with van der Waals surface area (Å²) in [6, 6.07) is 2.10. The van der Waals surface area contributed by atoms with E-state index in [-0.39, 0.29) is 5.91 Å². The molecule has 0 radical (unpaired) electrons. The number of carbonyl (C=O) groups is 1. The van der Waals surface area contributed by atoms with Crippen LogP contribution in [0.5, 0.6) is 0 Å². The number of rotatable bonds is 0. The molecule has 1 aromatic heterocycles. The average molecular weight is 294 g/mol. The van der Waals surface area contributed by atoms with Crippen LogP contribution < -0.4 is 0 Å². The number of aryl methyl sites for hydroxylation is 1. The molecule has 3 heterocycles. The van der Waals surface area contributed by atoms with E-state index in [0.717, 1.165) is 49.3 Å². The zero-order valence-corrected chi connectivity index (χ0v) is 13.0. The van der Waals surface area contributed by atoms with E-state index in [1.54, 1.807) is 0 Å². The van der Waals surface area contributed by atoms with Gasteiger partial charge < -0.3 is 9.80 Å². The summed E-state index contributed by atoms with van der Waals surface area (Å²) in [6.45, 7) is 4.51. The third kappa shape index (κ3) is 1.93. The first kappa shape index (κ1) is 13.8. The lowest BCUT2D eigenvalue weighted by molar-refractivity contribution is -0.131. The number of fused-ring (bicyclic) bond motifs is 2. The van der Waals surface area contributed by atoms with Crippen molar-refractivity contribution in [2.75, 3.05) is 27.2 Å². The Morgan fingerprint density at radius 1 is 1.30 bits per heavy atom. The number of hydrogen-bond acceptors (Lipinski definition) is 3. The second-order valence-electron chi connectivity index (χ2n) is 6.15. The van der Waals surface area contributed by atoms with Crippen molar-refractivity contribution in [1.82, 2.24) is 14.8 Å². The molecule has 2 aliphatic rings. The highest BCUT2D eigenvalue weighted by atomic mass is 35.5. The van der Waals surface area contributed by atoms with E-state index in [1.165, 1.54) is 0 Å². The van der Waals surface area contributed by atoms with Crippen LogP contribution in [0.2, 0.25) is 5.15 Å². The Balaban J connectivity index is 2.20. The van der Waals surface area contributed by atoms with Gasteiger partial charge in [0.25, 0.3) is 0 Å². The van der Waals surface area contributed by atoms with Crippen molar-refractivity contribution in [2.45, 2.75) is 31.7 Å². The predicted octanol–water partition coefficient (Wildman–Crippen LogP) is 1.98. The number of amides is 1. The van der Waals surface area contributed by atoms with Crippen molar-refractivity contribution >= 4 is 17.5 Å². The Kier molecular flexibility index (Phi) is 3.26. The molecule has 0 aromatic carbocycles. The SMILES string of the molecule is Cc1cc2c(nc1Cl)C1(CCN(C)C2)CCN(C)C1=O. The molecule has 1 saturated heterocycles. The number of likely N-dealkylation sites (tertiary alicyclic amines) is 1. The Hall–Kier alpha value is -1.13. The summed E-state index contributed by atoms with van der Waals surface area (Å²) in [5.74, 6) is 0.196. The Bertz CT molecular complexity index is 574. The minimum absolute atomic E-state index is 0.196. The van der Waals surface area contributed by atoms with Gasteiger partial charge in [-0.05, 0) is 50.6 Å². The maximum Gasteiger partial charge on any atom is 0.234 e. The van der Waals surface area contributed by atoms with Gasteiger partial charge in [0.15, 0.2) is 0 Å². The first-order valence-corrected chi connectivity index (χ1v) is 7.42. The molecule has 1 aromatic rings. The molecule has 5 heteroatoms. The fourth-order valence-corrected chi connectivity index (χ4v) is 3.58. The molecule has 4 nitrogen and oxygen atoms in total. The second-order valence-corrected chi connectivity index (χ2v) is 6.51. The summed E-state index contributed by atoms with van der Waals surface area (Å²) < 4.78 is 0. The van der Waals surface area contributed by atoms with E-state index in [9.17, 15) is 4.79 Å². The lowest BCUT2D eigenvalue weighted by Gasteiger charge is -2.27. The predicted molar refractivity (Wildman–Crippen MR) is 78.9 cm³/mol. The molecule has 108 valence electrons. The molecule has 20 heavy (non-hydrogen) atoms. The first-order chi connectivity index (χ1) is 9.44. The summed E-state index contributed by atoms with van der Waals surface area (Å²) in [7, 11) is 3.97. The molecular weight excluding hydrogens is 274 g/mol. The molecular formula is C15H20ClN3O. The maximum absolute atomic E-state index is 12.7. The van der Waals surface area contributed by atoms with Crippen molar-refractivity contribution < 1.29 is 4.79 Å². The van der Waals surface area contributed by atoms with Gasteiger partial charge in [-0.1, -0.05) is 11.6 Å². The van der Waals surface area contributed by atoms with Gasteiger partial charge in [-0.3, -0.25) is 4.79 Å². The summed E-state index contributed by atoms with van der Waals surface area (Å²) in [5.41, 5.74) is 2.57. The monoisotopic (exact) mass is 293 g/mol. The lowest BCUT2D eigenvalue weighted by atomic mass is 9.78. The van der Waals surface area contributed by atoms with Gasteiger partial charge in [-0.25, -0.2) is 4.98 Å². The highest BCUT2D eigenvalue weighted by molar-refractivity contribution is 6.30. The van der Waals surface area contributed by atoms with Crippen molar-refractivity contribution in [3.05, 3.63) is 28.0 Å². The van der Waals surface area contributed by atoms with E-state index < -0.39 is 5.41 Å². The number of halogens is 1. The van der Waals surface area contributed by atoms with Crippen LogP contribution in [0.4, 0.5) is 0 Å². The second kappa shape index (κ2) is 4.71. The number of hydrogen-bond donors (Lipinski definition) is 0. The fourth-order valence-electron chi connectivity index (χ4n) is 3.44. The third-order valence-electron chi connectivity index (χ3n) is 4.67. The van der Waals surface area contributed by atoms with E-state index in [4.69, 9.17) is 11.6 Å². The minimum atomic E-state index is -0.466. The van der Waals surface area contributed by atoms with Gasteiger partial charge in [-0.2, -0.15) is 0 Å².